The number of anilines is 1. The minimum Gasteiger partial charge on any atom is -0.497 e. The van der Waals surface area contributed by atoms with E-state index in [0.29, 0.717) is 40.3 Å². The topological polar surface area (TPSA) is 87.5 Å². The van der Waals surface area contributed by atoms with Crippen molar-refractivity contribution in [1.29, 1.82) is 0 Å². The SMILES string of the molecule is COc1cccc(-c2nnc(SCCC(=O)Nc3ccc4c(c3)OCO4)n2-c2ccccc2)c1. The molecule has 8 nitrogen and oxygen atoms in total. The molecule has 0 aliphatic carbocycles. The molecule has 0 fully saturated rings. The number of hydrogen-bond donors (Lipinski definition) is 1. The van der Waals surface area contributed by atoms with E-state index in [4.69, 9.17) is 14.2 Å². The number of carbonyl (C=O) groups excluding carboxylic acids is 1. The molecule has 1 aliphatic heterocycles. The molecule has 172 valence electrons. The Morgan fingerprint density at radius 3 is 2.74 bits per heavy atom. The highest BCUT2D eigenvalue weighted by molar-refractivity contribution is 7.99. The van der Waals surface area contributed by atoms with E-state index in [2.05, 4.69) is 15.5 Å². The van der Waals surface area contributed by atoms with Crippen molar-refractivity contribution in [3.05, 3.63) is 72.8 Å². The van der Waals surface area contributed by atoms with E-state index < -0.39 is 0 Å². The molecule has 1 aliphatic rings. The van der Waals surface area contributed by atoms with Crippen LogP contribution < -0.4 is 19.5 Å². The highest BCUT2D eigenvalue weighted by atomic mass is 32.2. The standard InChI is InChI=1S/C25H22N4O4S/c1-31-20-9-5-6-17(14-20)24-27-28-25(29(24)19-7-3-2-4-8-19)34-13-12-23(30)26-18-10-11-21-22(15-18)33-16-32-21/h2-11,14-15H,12-13,16H2,1H3,(H,26,30). The number of amides is 1. The Morgan fingerprint density at radius 2 is 1.88 bits per heavy atom. The number of para-hydroxylation sites is 1. The number of methoxy groups -OCH3 is 1. The highest BCUT2D eigenvalue weighted by Gasteiger charge is 2.18. The maximum absolute atomic E-state index is 12.5. The van der Waals surface area contributed by atoms with Gasteiger partial charge in [-0.25, -0.2) is 0 Å². The number of hydrogen-bond acceptors (Lipinski definition) is 7. The van der Waals surface area contributed by atoms with Crippen LogP contribution in [0.25, 0.3) is 17.1 Å². The minimum atomic E-state index is -0.0924. The molecule has 34 heavy (non-hydrogen) atoms. The molecule has 3 aromatic carbocycles. The number of fused-ring (bicyclic) bond motifs is 1. The van der Waals surface area contributed by atoms with Gasteiger partial charge in [0.2, 0.25) is 12.7 Å². The molecule has 9 heteroatoms. The number of nitrogens with zero attached hydrogens (tertiary/aromatic N) is 3. The molecule has 0 radical (unpaired) electrons. The molecule has 0 saturated carbocycles. The molecule has 0 unspecified atom stereocenters. The summed E-state index contributed by atoms with van der Waals surface area (Å²) in [6, 6.07) is 23.0. The fourth-order valence-corrected chi connectivity index (χ4v) is 4.44. The largest absolute Gasteiger partial charge is 0.497 e. The highest BCUT2D eigenvalue weighted by Crippen LogP contribution is 2.34. The summed E-state index contributed by atoms with van der Waals surface area (Å²) in [5.41, 5.74) is 2.51. The molecule has 0 saturated heterocycles. The summed E-state index contributed by atoms with van der Waals surface area (Å²) in [7, 11) is 1.64. The van der Waals surface area contributed by atoms with Crippen molar-refractivity contribution in [1.82, 2.24) is 14.8 Å². The monoisotopic (exact) mass is 474 g/mol. The summed E-state index contributed by atoms with van der Waals surface area (Å²) in [5, 5.41) is 12.5. The fourth-order valence-electron chi connectivity index (χ4n) is 3.56. The van der Waals surface area contributed by atoms with E-state index in [0.717, 1.165) is 17.0 Å². The average Bonchev–Trinajstić information content (AvgIpc) is 3.51. The zero-order valence-electron chi connectivity index (χ0n) is 18.4. The first-order valence-corrected chi connectivity index (χ1v) is 11.7. The summed E-state index contributed by atoms with van der Waals surface area (Å²) < 4.78 is 18.0. The summed E-state index contributed by atoms with van der Waals surface area (Å²) in [5.74, 6) is 3.21. The molecule has 0 spiro atoms. The third kappa shape index (κ3) is 4.69. The van der Waals surface area contributed by atoms with Gasteiger partial charge in [-0.1, -0.05) is 42.1 Å². The van der Waals surface area contributed by atoms with E-state index in [1.54, 1.807) is 25.3 Å². The normalized spacial score (nSPS) is 11.9. The predicted molar refractivity (Wildman–Crippen MR) is 130 cm³/mol. The predicted octanol–water partition coefficient (Wildman–Crippen LogP) is 4.79. The Bertz CT molecular complexity index is 1310. The molecule has 0 atom stereocenters. The van der Waals surface area contributed by atoms with Gasteiger partial charge in [0.1, 0.15) is 5.75 Å². The molecule has 1 amide bonds. The first-order valence-electron chi connectivity index (χ1n) is 10.7. The van der Waals surface area contributed by atoms with Crippen LogP contribution in [0.5, 0.6) is 17.2 Å². The van der Waals surface area contributed by atoms with Crippen LogP contribution in [0.2, 0.25) is 0 Å². The van der Waals surface area contributed by atoms with E-state index in [1.165, 1.54) is 11.8 Å². The third-order valence-electron chi connectivity index (χ3n) is 5.19. The zero-order valence-corrected chi connectivity index (χ0v) is 19.2. The van der Waals surface area contributed by atoms with Crippen LogP contribution in [0, 0.1) is 0 Å². The summed E-state index contributed by atoms with van der Waals surface area (Å²) >= 11 is 1.48. The summed E-state index contributed by atoms with van der Waals surface area (Å²) in [6.45, 7) is 0.198. The van der Waals surface area contributed by atoms with Crippen LogP contribution in [0.4, 0.5) is 5.69 Å². The van der Waals surface area contributed by atoms with Crippen LogP contribution >= 0.6 is 11.8 Å². The Labute approximate surface area is 200 Å². The maximum Gasteiger partial charge on any atom is 0.231 e. The number of thioether (sulfide) groups is 1. The lowest BCUT2D eigenvalue weighted by Crippen LogP contribution is -2.12. The van der Waals surface area contributed by atoms with Crippen LogP contribution in [-0.4, -0.2) is 40.3 Å². The van der Waals surface area contributed by atoms with Gasteiger partial charge in [-0.2, -0.15) is 0 Å². The van der Waals surface area contributed by atoms with Crippen molar-refractivity contribution in [2.45, 2.75) is 11.6 Å². The Morgan fingerprint density at radius 1 is 1.03 bits per heavy atom. The van der Waals surface area contributed by atoms with Crippen LogP contribution in [0.3, 0.4) is 0 Å². The molecule has 0 bridgehead atoms. The van der Waals surface area contributed by atoms with Crippen LogP contribution in [0.15, 0.2) is 78.0 Å². The Balaban J connectivity index is 1.30. The second-order valence-electron chi connectivity index (χ2n) is 7.42. The van der Waals surface area contributed by atoms with Crippen molar-refractivity contribution in [2.75, 3.05) is 25.0 Å². The van der Waals surface area contributed by atoms with Gasteiger partial charge in [0.05, 0.1) is 7.11 Å². The number of benzene rings is 3. The van der Waals surface area contributed by atoms with Gasteiger partial charge in [0.25, 0.3) is 0 Å². The molecular weight excluding hydrogens is 452 g/mol. The lowest BCUT2D eigenvalue weighted by Gasteiger charge is -2.11. The minimum absolute atomic E-state index is 0.0924. The molecule has 1 N–H and O–H groups in total. The van der Waals surface area contributed by atoms with Crippen molar-refractivity contribution in [2.24, 2.45) is 0 Å². The number of nitrogens with one attached hydrogen (secondary N) is 1. The number of aromatic nitrogens is 3. The van der Waals surface area contributed by atoms with Gasteiger partial charge in [0, 0.05) is 35.2 Å². The van der Waals surface area contributed by atoms with E-state index in [-0.39, 0.29) is 12.7 Å². The zero-order chi connectivity index (χ0) is 23.3. The molecule has 1 aromatic heterocycles. The van der Waals surface area contributed by atoms with Crippen molar-refractivity contribution in [3.8, 4) is 34.3 Å². The number of carbonyl (C=O) groups is 1. The third-order valence-corrected chi connectivity index (χ3v) is 6.12. The summed E-state index contributed by atoms with van der Waals surface area (Å²) in [4.78, 5) is 12.5. The molecule has 2 heterocycles. The number of rotatable bonds is 8. The van der Waals surface area contributed by atoms with Gasteiger partial charge in [0.15, 0.2) is 22.5 Å². The van der Waals surface area contributed by atoms with Gasteiger partial charge < -0.3 is 19.5 Å². The van der Waals surface area contributed by atoms with Gasteiger partial charge >= 0.3 is 0 Å². The fraction of sp³-hybridized carbons (Fsp3) is 0.160. The van der Waals surface area contributed by atoms with Crippen molar-refractivity contribution < 1.29 is 19.0 Å². The van der Waals surface area contributed by atoms with Crippen molar-refractivity contribution in [3.63, 3.8) is 0 Å². The lowest BCUT2D eigenvalue weighted by atomic mass is 10.2. The molecule has 5 rings (SSSR count). The lowest BCUT2D eigenvalue weighted by molar-refractivity contribution is -0.115. The van der Waals surface area contributed by atoms with Crippen molar-refractivity contribution >= 4 is 23.4 Å². The van der Waals surface area contributed by atoms with E-state index in [9.17, 15) is 4.79 Å². The first kappa shape index (κ1) is 21.8. The Hall–Kier alpha value is -3.98. The first-order chi connectivity index (χ1) is 16.7. The second kappa shape index (κ2) is 9.88. The number of ether oxygens (including phenoxy) is 3. The van der Waals surface area contributed by atoms with Gasteiger partial charge in [-0.05, 0) is 36.4 Å². The van der Waals surface area contributed by atoms with Crippen LogP contribution in [-0.2, 0) is 4.79 Å². The van der Waals surface area contributed by atoms with E-state index in [1.807, 2.05) is 59.2 Å². The maximum atomic E-state index is 12.5. The van der Waals surface area contributed by atoms with Gasteiger partial charge in [-0.15, -0.1) is 10.2 Å². The molecule has 4 aromatic rings. The van der Waals surface area contributed by atoms with Crippen LogP contribution in [0.1, 0.15) is 6.42 Å². The second-order valence-corrected chi connectivity index (χ2v) is 8.49. The van der Waals surface area contributed by atoms with Gasteiger partial charge in [-0.3, -0.25) is 9.36 Å². The summed E-state index contributed by atoms with van der Waals surface area (Å²) in [6.07, 6.45) is 0.315. The smallest absolute Gasteiger partial charge is 0.231 e. The van der Waals surface area contributed by atoms with E-state index >= 15 is 0 Å². The average molecular weight is 475 g/mol. The molecular formula is C25H22N4O4S. The quantitative estimate of drug-likeness (QED) is 0.367. The Kier molecular flexibility index (Phi) is 6.35.